The van der Waals surface area contributed by atoms with Gasteiger partial charge in [-0.2, -0.15) is 0 Å². The molecule has 0 saturated heterocycles. The highest BCUT2D eigenvalue weighted by molar-refractivity contribution is 5.81. The second-order valence-electron chi connectivity index (χ2n) is 4.40. The van der Waals surface area contributed by atoms with Gasteiger partial charge in [0.2, 0.25) is 0 Å². The fourth-order valence-corrected chi connectivity index (χ4v) is 2.06. The highest BCUT2D eigenvalue weighted by Gasteiger charge is 2.11. The molecule has 2 aromatic heterocycles. The number of aryl methyl sites for hydroxylation is 4. The Morgan fingerprint density at radius 2 is 1.75 bits per heavy atom. The molecule has 2 heterocycles. The summed E-state index contributed by atoms with van der Waals surface area (Å²) in [5.41, 5.74) is 4.78. The number of rotatable bonds is 0. The Bertz CT molecular complexity index is 639. The summed E-state index contributed by atoms with van der Waals surface area (Å²) < 4.78 is 1.92. The smallest absolute Gasteiger partial charge is 0.194 e. The van der Waals surface area contributed by atoms with Crippen LogP contribution in [0.4, 0.5) is 0 Å². The monoisotopic (exact) mass is 216 g/mol. The Morgan fingerprint density at radius 1 is 1.12 bits per heavy atom. The zero-order valence-corrected chi connectivity index (χ0v) is 10.4. The average molecular weight is 216 g/mol. The third kappa shape index (κ3) is 1.35. The molecular formula is C13H16N2O. The molecule has 0 atom stereocenters. The van der Waals surface area contributed by atoms with Gasteiger partial charge >= 0.3 is 0 Å². The number of pyridine rings is 2. The largest absolute Gasteiger partial charge is 0.335 e. The molecule has 3 nitrogen and oxygen atoms in total. The van der Waals surface area contributed by atoms with Crippen molar-refractivity contribution in [3.05, 3.63) is 38.8 Å². The lowest BCUT2D eigenvalue weighted by Crippen LogP contribution is -2.14. The summed E-state index contributed by atoms with van der Waals surface area (Å²) in [4.78, 5) is 16.6. The van der Waals surface area contributed by atoms with Crippen molar-refractivity contribution < 1.29 is 0 Å². The Kier molecular flexibility index (Phi) is 2.34. The van der Waals surface area contributed by atoms with Crippen LogP contribution in [0, 0.1) is 27.7 Å². The van der Waals surface area contributed by atoms with Crippen molar-refractivity contribution in [1.82, 2.24) is 9.55 Å². The van der Waals surface area contributed by atoms with Crippen LogP contribution in [0.2, 0.25) is 0 Å². The van der Waals surface area contributed by atoms with E-state index in [4.69, 9.17) is 0 Å². The summed E-state index contributed by atoms with van der Waals surface area (Å²) in [5.74, 6) is 0. The van der Waals surface area contributed by atoms with E-state index in [9.17, 15) is 4.79 Å². The van der Waals surface area contributed by atoms with E-state index in [-0.39, 0.29) is 5.43 Å². The molecule has 0 saturated carbocycles. The Balaban J connectivity index is 3.14. The van der Waals surface area contributed by atoms with Gasteiger partial charge in [0.05, 0.1) is 5.39 Å². The molecule has 0 aliphatic heterocycles. The first kappa shape index (κ1) is 10.9. The lowest BCUT2D eigenvalue weighted by Gasteiger charge is -2.12. The summed E-state index contributed by atoms with van der Waals surface area (Å²) >= 11 is 0. The first-order chi connectivity index (χ1) is 7.43. The van der Waals surface area contributed by atoms with Crippen molar-refractivity contribution in [1.29, 1.82) is 0 Å². The minimum Gasteiger partial charge on any atom is -0.335 e. The SMILES string of the molecule is Cc1nc2c(c(C)c1C)c(=O)c(C)cn2C. The fraction of sp³-hybridized carbons (Fsp3) is 0.385. The third-order valence-corrected chi connectivity index (χ3v) is 3.28. The van der Waals surface area contributed by atoms with Crippen LogP contribution >= 0.6 is 0 Å². The van der Waals surface area contributed by atoms with Crippen LogP contribution in [-0.4, -0.2) is 9.55 Å². The molecule has 16 heavy (non-hydrogen) atoms. The molecule has 0 fully saturated rings. The third-order valence-electron chi connectivity index (χ3n) is 3.28. The molecular weight excluding hydrogens is 200 g/mol. The van der Waals surface area contributed by atoms with Crippen molar-refractivity contribution in [3.8, 4) is 0 Å². The normalized spacial score (nSPS) is 11.1. The zero-order chi connectivity index (χ0) is 12.0. The maximum absolute atomic E-state index is 12.1. The van der Waals surface area contributed by atoms with Gasteiger partial charge in [-0.15, -0.1) is 0 Å². The van der Waals surface area contributed by atoms with Gasteiger partial charge in [0.1, 0.15) is 5.65 Å². The van der Waals surface area contributed by atoms with Crippen molar-refractivity contribution in [2.75, 3.05) is 0 Å². The zero-order valence-electron chi connectivity index (χ0n) is 10.4. The number of hydrogen-bond donors (Lipinski definition) is 0. The Morgan fingerprint density at radius 3 is 2.38 bits per heavy atom. The lowest BCUT2D eigenvalue weighted by molar-refractivity contribution is 0.908. The van der Waals surface area contributed by atoms with Gasteiger partial charge in [-0.1, -0.05) is 0 Å². The molecule has 0 amide bonds. The van der Waals surface area contributed by atoms with Crippen LogP contribution in [0.5, 0.6) is 0 Å². The van der Waals surface area contributed by atoms with Gasteiger partial charge in [0.15, 0.2) is 5.43 Å². The van der Waals surface area contributed by atoms with Gasteiger partial charge in [-0.05, 0) is 38.8 Å². The first-order valence-corrected chi connectivity index (χ1v) is 5.37. The number of aromatic nitrogens is 2. The van der Waals surface area contributed by atoms with E-state index in [0.717, 1.165) is 33.4 Å². The highest BCUT2D eigenvalue weighted by atomic mass is 16.1. The van der Waals surface area contributed by atoms with Crippen molar-refractivity contribution in [2.24, 2.45) is 7.05 Å². The maximum Gasteiger partial charge on any atom is 0.194 e. The molecule has 2 aromatic rings. The quantitative estimate of drug-likeness (QED) is 0.676. The van der Waals surface area contributed by atoms with Crippen molar-refractivity contribution >= 4 is 11.0 Å². The Labute approximate surface area is 94.7 Å². The summed E-state index contributed by atoms with van der Waals surface area (Å²) in [7, 11) is 1.93. The predicted molar refractivity (Wildman–Crippen MR) is 65.9 cm³/mol. The molecule has 0 spiro atoms. The summed E-state index contributed by atoms with van der Waals surface area (Å²) in [6.45, 7) is 7.83. The second-order valence-corrected chi connectivity index (χ2v) is 4.40. The van der Waals surface area contributed by atoms with Crippen LogP contribution in [0.3, 0.4) is 0 Å². The molecule has 84 valence electrons. The number of nitrogens with zero attached hydrogens (tertiary/aromatic N) is 2. The topological polar surface area (TPSA) is 34.9 Å². The van der Waals surface area contributed by atoms with Crippen LogP contribution in [0.25, 0.3) is 11.0 Å². The Hall–Kier alpha value is -1.64. The molecule has 3 heteroatoms. The molecule has 0 N–H and O–H groups in total. The summed E-state index contributed by atoms with van der Waals surface area (Å²) in [6.07, 6.45) is 1.84. The summed E-state index contributed by atoms with van der Waals surface area (Å²) in [5, 5.41) is 0.755. The fourth-order valence-electron chi connectivity index (χ4n) is 2.06. The predicted octanol–water partition coefficient (Wildman–Crippen LogP) is 2.17. The highest BCUT2D eigenvalue weighted by Crippen LogP contribution is 2.19. The van der Waals surface area contributed by atoms with E-state index < -0.39 is 0 Å². The van der Waals surface area contributed by atoms with Crippen molar-refractivity contribution in [3.63, 3.8) is 0 Å². The van der Waals surface area contributed by atoms with E-state index in [0.29, 0.717) is 0 Å². The molecule has 0 bridgehead atoms. The molecule has 0 aromatic carbocycles. The minimum absolute atomic E-state index is 0.0983. The molecule has 0 unspecified atom stereocenters. The van der Waals surface area contributed by atoms with Crippen molar-refractivity contribution in [2.45, 2.75) is 27.7 Å². The van der Waals surface area contributed by atoms with E-state index in [1.165, 1.54) is 0 Å². The lowest BCUT2D eigenvalue weighted by atomic mass is 10.0. The molecule has 0 radical (unpaired) electrons. The van der Waals surface area contributed by atoms with E-state index in [1.807, 2.05) is 45.5 Å². The van der Waals surface area contributed by atoms with Gasteiger partial charge in [-0.3, -0.25) is 4.79 Å². The standard InChI is InChI=1S/C13H16N2O/c1-7-6-15(5)13-11(12(7)16)9(3)8(2)10(4)14-13/h6H,1-5H3. The second kappa shape index (κ2) is 3.44. The van der Waals surface area contributed by atoms with Crippen LogP contribution in [0.1, 0.15) is 22.4 Å². The van der Waals surface area contributed by atoms with Crippen LogP contribution in [-0.2, 0) is 7.05 Å². The van der Waals surface area contributed by atoms with Gasteiger partial charge in [-0.25, -0.2) is 4.98 Å². The van der Waals surface area contributed by atoms with Crippen LogP contribution in [0.15, 0.2) is 11.0 Å². The first-order valence-electron chi connectivity index (χ1n) is 5.37. The summed E-state index contributed by atoms with van der Waals surface area (Å²) in [6, 6.07) is 0. The van der Waals surface area contributed by atoms with Gasteiger partial charge < -0.3 is 4.57 Å². The van der Waals surface area contributed by atoms with Gasteiger partial charge in [0.25, 0.3) is 0 Å². The maximum atomic E-state index is 12.1. The van der Waals surface area contributed by atoms with Crippen LogP contribution < -0.4 is 5.43 Å². The average Bonchev–Trinajstić information content (AvgIpc) is 2.22. The molecule has 0 aliphatic carbocycles. The molecule has 0 aliphatic rings. The molecule has 2 rings (SSSR count). The minimum atomic E-state index is 0.0983. The van der Waals surface area contributed by atoms with E-state index >= 15 is 0 Å². The van der Waals surface area contributed by atoms with E-state index in [2.05, 4.69) is 4.98 Å². The van der Waals surface area contributed by atoms with Gasteiger partial charge in [0, 0.05) is 24.5 Å². The number of fused-ring (bicyclic) bond motifs is 1. The number of hydrogen-bond acceptors (Lipinski definition) is 2. The van der Waals surface area contributed by atoms with E-state index in [1.54, 1.807) is 0 Å².